The molecule has 0 aliphatic heterocycles. The molecule has 0 aliphatic rings. The number of nitrogens with one attached hydrogen (secondary N) is 9. The van der Waals surface area contributed by atoms with E-state index >= 15 is 0 Å². The van der Waals surface area contributed by atoms with E-state index in [1.807, 2.05) is 13.8 Å². The third-order valence-electron chi connectivity index (χ3n) is 13.3. The van der Waals surface area contributed by atoms with E-state index in [0.29, 0.717) is 18.4 Å². The van der Waals surface area contributed by atoms with Crippen LogP contribution in [0.15, 0.2) is 29.3 Å². The highest BCUT2D eigenvalue weighted by atomic mass is 16.4. The Labute approximate surface area is 478 Å². The van der Waals surface area contributed by atoms with Crippen LogP contribution in [0.4, 0.5) is 0 Å². The second kappa shape index (κ2) is 36.6. The number of benzene rings is 1. The van der Waals surface area contributed by atoms with Crippen LogP contribution in [0.2, 0.25) is 0 Å². The quantitative estimate of drug-likeness (QED) is 0.0172. The Morgan fingerprint density at radius 2 is 0.939 bits per heavy atom. The van der Waals surface area contributed by atoms with E-state index < -0.39 is 157 Å². The highest BCUT2D eigenvalue weighted by Crippen LogP contribution is 2.15. The molecule has 0 bridgehead atoms. The Kier molecular flexibility index (Phi) is 32.3. The van der Waals surface area contributed by atoms with Crippen LogP contribution in [-0.2, 0) is 59.2 Å². The van der Waals surface area contributed by atoms with Crippen LogP contribution < -0.4 is 70.8 Å². The number of aliphatic hydroxyl groups is 2. The molecule has 0 saturated carbocycles. The van der Waals surface area contributed by atoms with E-state index in [1.165, 1.54) is 31.2 Å². The molecule has 10 amide bonds. The number of phenols is 1. The molecule has 0 spiro atoms. The molecule has 82 heavy (non-hydrogen) atoms. The molecule has 0 unspecified atom stereocenters. The Morgan fingerprint density at radius 1 is 0.512 bits per heavy atom. The fraction of sp³-hybridized carbons (Fsp3) is 0.660. The van der Waals surface area contributed by atoms with Gasteiger partial charge in [-0.05, 0) is 80.4 Å². The van der Waals surface area contributed by atoms with Gasteiger partial charge in [0.25, 0.3) is 0 Å². The first-order chi connectivity index (χ1) is 38.4. The fourth-order valence-electron chi connectivity index (χ4n) is 8.04. The molecule has 1 aromatic carbocycles. The standard InChI is InChI=1S/C53H90N14O15/c1-10-28(7)41(66-48(77)37(23-31-14-16-32(70)17-15-31)63-50(79)39(25-69)65-44(73)33(54)21-26(3)4)51(80)59-30(9)43(72)64-38(24-68)49(78)62-36(22-27(5)6)47(76)60-34(13-12-20-58-53(56)57)45(74)61-35(18-19-40(55)71)46(75)67-42(52(81)82)29(8)11-2/h14-17,26-30,33-39,41-42,68-70H,10-13,18-25,54H2,1-9H3,(H2,55,71)(H,59,80)(H,60,76)(H,61,74)(H,62,78)(H,63,79)(H,64,72)(H,65,73)(H,66,77)(H,67,75)(H,81,82)(H4,56,57,58)/t28-,29-,30-,33-,34-,35-,36-,37-,38-,39-,41-,42-/m0/s1. The number of nitrogens with zero attached hydrogens (tertiary/aromatic N) is 1. The van der Waals surface area contributed by atoms with Gasteiger partial charge in [-0.15, -0.1) is 0 Å². The van der Waals surface area contributed by atoms with Crippen LogP contribution in [0, 0.1) is 23.7 Å². The van der Waals surface area contributed by atoms with E-state index in [9.17, 15) is 73.2 Å². The van der Waals surface area contributed by atoms with Crippen molar-refractivity contribution < 1.29 is 73.2 Å². The number of carboxylic acids is 1. The topological polar surface area (TPSA) is 493 Å². The van der Waals surface area contributed by atoms with Crippen LogP contribution in [0.5, 0.6) is 5.75 Å². The Hall–Kier alpha value is -7.66. The maximum absolute atomic E-state index is 14.1. The minimum absolute atomic E-state index is 0.00824. The first-order valence-electron chi connectivity index (χ1n) is 27.4. The van der Waals surface area contributed by atoms with Crippen LogP contribution in [0.1, 0.15) is 119 Å². The van der Waals surface area contributed by atoms with Crippen LogP contribution in [0.25, 0.3) is 0 Å². The molecule has 0 saturated heterocycles. The Bertz CT molecular complexity index is 2340. The van der Waals surface area contributed by atoms with Crippen LogP contribution >= 0.6 is 0 Å². The lowest BCUT2D eigenvalue weighted by molar-refractivity contribution is -0.144. The van der Waals surface area contributed by atoms with Crippen molar-refractivity contribution in [2.45, 2.75) is 181 Å². The van der Waals surface area contributed by atoms with Gasteiger partial charge in [0, 0.05) is 19.4 Å². The molecule has 0 aromatic heterocycles. The first-order valence-corrected chi connectivity index (χ1v) is 27.4. The normalized spacial score (nSPS) is 15.6. The van der Waals surface area contributed by atoms with Crippen molar-refractivity contribution in [2.24, 2.45) is 51.6 Å². The predicted molar refractivity (Wildman–Crippen MR) is 301 cm³/mol. The number of primary amides is 1. The molecule has 12 atom stereocenters. The van der Waals surface area contributed by atoms with Gasteiger partial charge in [-0.2, -0.15) is 0 Å². The molecule has 462 valence electrons. The van der Waals surface area contributed by atoms with Crippen molar-refractivity contribution in [1.82, 2.24) is 47.9 Å². The van der Waals surface area contributed by atoms with Crippen molar-refractivity contribution >= 4 is 71.0 Å². The molecular formula is C53H90N14O15. The van der Waals surface area contributed by atoms with Gasteiger partial charge in [0.05, 0.1) is 19.3 Å². The third kappa shape index (κ3) is 26.3. The van der Waals surface area contributed by atoms with E-state index in [1.54, 1.807) is 41.5 Å². The van der Waals surface area contributed by atoms with Gasteiger partial charge in [-0.3, -0.25) is 52.9 Å². The zero-order valence-electron chi connectivity index (χ0n) is 48.4. The summed E-state index contributed by atoms with van der Waals surface area (Å²) in [6, 6.07) is -8.53. The smallest absolute Gasteiger partial charge is 0.326 e. The number of carbonyl (C=O) groups is 11. The van der Waals surface area contributed by atoms with Crippen LogP contribution in [0.3, 0.4) is 0 Å². The van der Waals surface area contributed by atoms with Gasteiger partial charge in [-0.1, -0.05) is 80.4 Å². The Morgan fingerprint density at radius 3 is 1.43 bits per heavy atom. The summed E-state index contributed by atoms with van der Waals surface area (Å²) in [5.74, 6) is -12.2. The number of aliphatic imine (C=N–C) groups is 1. The van der Waals surface area contributed by atoms with E-state index in [0.717, 1.165) is 0 Å². The van der Waals surface area contributed by atoms with E-state index in [4.69, 9.17) is 22.9 Å². The van der Waals surface area contributed by atoms with Crippen molar-refractivity contribution in [2.75, 3.05) is 19.8 Å². The number of carbonyl (C=O) groups excluding carboxylic acids is 10. The van der Waals surface area contributed by atoms with Gasteiger partial charge in [0.2, 0.25) is 59.1 Å². The summed E-state index contributed by atoms with van der Waals surface area (Å²) >= 11 is 0. The lowest BCUT2D eigenvalue weighted by atomic mass is 9.96. The highest BCUT2D eigenvalue weighted by Gasteiger charge is 2.37. The van der Waals surface area contributed by atoms with Gasteiger partial charge in [0.1, 0.15) is 60.1 Å². The number of guanidine groups is 1. The number of nitrogens with two attached hydrogens (primary N) is 4. The number of hydrogen-bond donors (Lipinski definition) is 17. The van der Waals surface area contributed by atoms with Gasteiger partial charge < -0.3 is 91.2 Å². The summed E-state index contributed by atoms with van der Waals surface area (Å²) < 4.78 is 0. The monoisotopic (exact) mass is 1160 g/mol. The molecule has 1 rings (SSSR count). The molecule has 21 N–H and O–H groups in total. The lowest BCUT2D eigenvalue weighted by Gasteiger charge is -2.29. The fourth-order valence-corrected chi connectivity index (χ4v) is 8.04. The molecule has 29 nitrogen and oxygen atoms in total. The minimum Gasteiger partial charge on any atom is -0.508 e. The summed E-state index contributed by atoms with van der Waals surface area (Å²) in [5.41, 5.74) is 22.7. The van der Waals surface area contributed by atoms with Crippen molar-refractivity contribution in [3.63, 3.8) is 0 Å². The maximum atomic E-state index is 14.1. The van der Waals surface area contributed by atoms with E-state index in [-0.39, 0.29) is 68.6 Å². The van der Waals surface area contributed by atoms with E-state index in [2.05, 4.69) is 52.8 Å². The number of aliphatic carboxylic acids is 1. The molecule has 0 radical (unpaired) electrons. The average Bonchev–Trinajstić information content (AvgIpc) is 3.46. The van der Waals surface area contributed by atoms with Gasteiger partial charge in [0.15, 0.2) is 5.96 Å². The number of aliphatic hydroxyl groups excluding tert-OH is 2. The lowest BCUT2D eigenvalue weighted by Crippen LogP contribution is -2.61. The predicted octanol–water partition coefficient (Wildman–Crippen LogP) is -3.78. The SMILES string of the molecule is CC[C@H](C)[C@H](NC(=O)[C@H](CCC(N)=O)NC(=O)[C@H](CCCN=C(N)N)NC(=O)[C@H](CC(C)C)NC(=O)[C@H](CO)NC(=O)[C@H](C)NC(=O)[C@@H](NC(=O)[C@H](Cc1ccc(O)cc1)NC(=O)[C@H](CO)NC(=O)[C@@H](N)CC(C)C)[C@@H](C)CC)C(=O)O. The largest absolute Gasteiger partial charge is 0.508 e. The number of amides is 10. The minimum atomic E-state index is -1.73. The number of rotatable bonds is 38. The number of aromatic hydroxyl groups is 1. The molecule has 0 fully saturated rings. The third-order valence-corrected chi connectivity index (χ3v) is 13.3. The summed E-state index contributed by atoms with van der Waals surface area (Å²) in [6.45, 7) is 13.2. The van der Waals surface area contributed by atoms with Gasteiger partial charge in [-0.25, -0.2) is 4.79 Å². The zero-order valence-corrected chi connectivity index (χ0v) is 48.4. The second-order valence-electron chi connectivity index (χ2n) is 21.2. The summed E-state index contributed by atoms with van der Waals surface area (Å²) in [6.07, 6.45) is -0.0867. The summed E-state index contributed by atoms with van der Waals surface area (Å²) in [7, 11) is 0. The Balaban J connectivity index is 3.41. The number of phenolic OH excluding ortho intramolecular Hbond substituents is 1. The number of carboxylic acid groups (broad SMARTS) is 1. The van der Waals surface area contributed by atoms with Crippen LogP contribution in [-0.4, -0.2) is 172 Å². The van der Waals surface area contributed by atoms with Crippen molar-refractivity contribution in [3.8, 4) is 5.75 Å². The van der Waals surface area contributed by atoms with Crippen molar-refractivity contribution in [3.05, 3.63) is 29.8 Å². The average molecular weight is 1160 g/mol. The molecule has 1 aromatic rings. The molecular weight excluding hydrogens is 1070 g/mol. The molecule has 0 heterocycles. The highest BCUT2D eigenvalue weighted by molar-refractivity contribution is 5.98. The summed E-state index contributed by atoms with van der Waals surface area (Å²) in [4.78, 5) is 151. The number of hydrogen-bond acceptors (Lipinski definition) is 16. The maximum Gasteiger partial charge on any atom is 0.326 e. The van der Waals surface area contributed by atoms with Gasteiger partial charge >= 0.3 is 5.97 Å². The second-order valence-corrected chi connectivity index (χ2v) is 21.2. The molecule has 0 aliphatic carbocycles. The summed E-state index contributed by atoms with van der Waals surface area (Å²) in [5, 5.41) is 62.4. The zero-order chi connectivity index (χ0) is 62.6. The first kappa shape index (κ1) is 72.4. The van der Waals surface area contributed by atoms with Crippen molar-refractivity contribution in [1.29, 1.82) is 0 Å². The molecule has 29 heteroatoms.